The molecule has 0 radical (unpaired) electrons. The van der Waals surface area contributed by atoms with Gasteiger partial charge in [-0.2, -0.15) is 9.97 Å². The summed E-state index contributed by atoms with van der Waals surface area (Å²) in [5.41, 5.74) is -2.14. The molecule has 42 heavy (non-hydrogen) atoms. The van der Waals surface area contributed by atoms with Crippen LogP contribution in [-0.2, 0) is 4.79 Å². The van der Waals surface area contributed by atoms with Crippen LogP contribution >= 0.6 is 11.6 Å². The third kappa shape index (κ3) is 5.72. The van der Waals surface area contributed by atoms with E-state index in [9.17, 15) is 18.7 Å². The Kier molecular flexibility index (Phi) is 8.26. The topological polar surface area (TPSA) is 82.0 Å². The number of alkyl halides is 1. The Hall–Kier alpha value is -3.57. The van der Waals surface area contributed by atoms with E-state index in [0.29, 0.717) is 38.4 Å². The van der Waals surface area contributed by atoms with Crippen LogP contribution < -0.4 is 9.64 Å². The first-order valence-corrected chi connectivity index (χ1v) is 14.2. The number of hydrogen-bond acceptors (Lipinski definition) is 7. The zero-order valence-corrected chi connectivity index (χ0v) is 24.5. The smallest absolute Gasteiger partial charge is 0.319 e. The largest absolute Gasteiger partial charge is 0.507 e. The SMILES string of the molecule is C=CC(=O)N1C[C@H](C)N(c2nc(OCCN3CCC(C)(F)C3)nc3c(F)c(-c4c(O)cccc4F)c(Cl)cc23)C[C@H]1C. The van der Waals surface area contributed by atoms with Crippen LogP contribution in [0.25, 0.3) is 22.0 Å². The van der Waals surface area contributed by atoms with Crippen molar-refractivity contribution in [3.63, 3.8) is 0 Å². The molecule has 0 bridgehead atoms. The third-order valence-electron chi connectivity index (χ3n) is 7.94. The lowest BCUT2D eigenvalue weighted by Crippen LogP contribution is -2.58. The Labute approximate surface area is 247 Å². The maximum absolute atomic E-state index is 16.3. The van der Waals surface area contributed by atoms with Crippen molar-refractivity contribution in [3.05, 3.63) is 53.6 Å². The molecule has 1 aromatic heterocycles. The van der Waals surface area contributed by atoms with Crippen LogP contribution in [0.15, 0.2) is 36.9 Å². The lowest BCUT2D eigenvalue weighted by molar-refractivity contribution is -0.128. The van der Waals surface area contributed by atoms with Gasteiger partial charge in [-0.3, -0.25) is 9.69 Å². The minimum atomic E-state index is -1.26. The van der Waals surface area contributed by atoms with Crippen LogP contribution in [0.4, 0.5) is 19.0 Å². The summed E-state index contributed by atoms with van der Waals surface area (Å²) in [4.78, 5) is 27.0. The van der Waals surface area contributed by atoms with E-state index in [0.717, 1.165) is 6.07 Å². The van der Waals surface area contributed by atoms with Gasteiger partial charge in [0.1, 0.15) is 35.2 Å². The van der Waals surface area contributed by atoms with Crippen molar-refractivity contribution in [2.24, 2.45) is 0 Å². The van der Waals surface area contributed by atoms with E-state index in [4.69, 9.17) is 16.3 Å². The van der Waals surface area contributed by atoms with Crippen LogP contribution in [0.1, 0.15) is 27.2 Å². The number of phenols is 1. The molecule has 0 spiro atoms. The fraction of sp³-hybridized carbons (Fsp3) is 0.433. The maximum Gasteiger partial charge on any atom is 0.319 e. The van der Waals surface area contributed by atoms with Gasteiger partial charge in [0.2, 0.25) is 5.91 Å². The third-order valence-corrected chi connectivity index (χ3v) is 8.24. The molecule has 2 fully saturated rings. The number of aromatic hydroxyl groups is 1. The molecule has 5 rings (SSSR count). The fourth-order valence-electron chi connectivity index (χ4n) is 5.75. The van der Waals surface area contributed by atoms with E-state index >= 15 is 4.39 Å². The van der Waals surface area contributed by atoms with Gasteiger partial charge < -0.3 is 19.6 Å². The summed E-state index contributed by atoms with van der Waals surface area (Å²) in [5.74, 6) is -2.13. The molecule has 2 aliphatic rings. The first-order valence-electron chi connectivity index (χ1n) is 13.8. The van der Waals surface area contributed by atoms with Gasteiger partial charge in [-0.1, -0.05) is 24.2 Å². The van der Waals surface area contributed by atoms with Crippen molar-refractivity contribution in [3.8, 4) is 22.9 Å². The maximum atomic E-state index is 16.3. The van der Waals surface area contributed by atoms with Gasteiger partial charge >= 0.3 is 6.01 Å². The Balaban J connectivity index is 1.58. The van der Waals surface area contributed by atoms with E-state index in [1.165, 1.54) is 24.3 Å². The predicted molar refractivity (Wildman–Crippen MR) is 156 cm³/mol. The molecule has 3 atom stereocenters. The summed E-state index contributed by atoms with van der Waals surface area (Å²) in [7, 11) is 0. The minimum Gasteiger partial charge on any atom is -0.507 e. The molecule has 3 aromatic rings. The van der Waals surface area contributed by atoms with Gasteiger partial charge in [-0.05, 0) is 51.5 Å². The van der Waals surface area contributed by atoms with Crippen molar-refractivity contribution in [1.82, 2.24) is 19.8 Å². The van der Waals surface area contributed by atoms with Crippen molar-refractivity contribution in [2.45, 2.75) is 44.9 Å². The zero-order valence-electron chi connectivity index (χ0n) is 23.7. The molecule has 0 saturated carbocycles. The van der Waals surface area contributed by atoms with Crippen molar-refractivity contribution in [1.29, 1.82) is 0 Å². The van der Waals surface area contributed by atoms with E-state index in [-0.39, 0.29) is 64.2 Å². The van der Waals surface area contributed by atoms with Crippen LogP contribution in [0.3, 0.4) is 0 Å². The standard InChI is InChI=1S/C30H33ClF3N5O3/c1-5-23(41)38-14-18(3)39(15-17(38)2)28-19-13-20(31)24(25-21(32)7-6-8-22(25)40)26(33)27(19)35-29(36-28)42-12-11-37-10-9-30(4,34)16-37/h5-8,13,17-18,40H,1,9-12,14-16H2,2-4H3/t17-,18+,30?/m1/s1. The molecular weight excluding hydrogens is 571 g/mol. The number of rotatable bonds is 7. The van der Waals surface area contributed by atoms with E-state index < -0.39 is 23.1 Å². The van der Waals surface area contributed by atoms with Gasteiger partial charge in [0.05, 0.1) is 10.6 Å². The Bertz CT molecular complexity index is 1520. The van der Waals surface area contributed by atoms with Crippen molar-refractivity contribution >= 4 is 34.2 Å². The highest BCUT2D eigenvalue weighted by Gasteiger charge is 2.35. The molecule has 2 aromatic carbocycles. The molecule has 8 nitrogen and oxygen atoms in total. The number of likely N-dealkylation sites (tertiary alicyclic amines) is 1. The molecule has 2 saturated heterocycles. The molecule has 3 heterocycles. The number of aromatic nitrogens is 2. The quantitative estimate of drug-likeness (QED) is 0.364. The predicted octanol–water partition coefficient (Wildman–Crippen LogP) is 5.36. The Morgan fingerprint density at radius 2 is 2.00 bits per heavy atom. The highest BCUT2D eigenvalue weighted by Crippen LogP contribution is 2.43. The highest BCUT2D eigenvalue weighted by molar-refractivity contribution is 6.34. The number of nitrogens with zero attached hydrogens (tertiary/aromatic N) is 5. The Morgan fingerprint density at radius 3 is 2.67 bits per heavy atom. The molecule has 224 valence electrons. The van der Waals surface area contributed by atoms with E-state index in [1.807, 2.05) is 23.6 Å². The number of halogens is 4. The summed E-state index contributed by atoms with van der Waals surface area (Å²) in [6.07, 6.45) is 1.70. The number of piperazine rings is 1. The van der Waals surface area contributed by atoms with Crippen molar-refractivity contribution < 1.29 is 27.8 Å². The lowest BCUT2D eigenvalue weighted by Gasteiger charge is -2.44. The molecule has 1 amide bonds. The van der Waals surface area contributed by atoms with Gasteiger partial charge in [-0.25, -0.2) is 13.2 Å². The molecule has 2 aliphatic heterocycles. The number of phenolic OH excluding ortho intramolecular Hbond substituents is 1. The zero-order chi connectivity index (χ0) is 30.3. The second-order valence-electron chi connectivity index (χ2n) is 11.2. The van der Waals surface area contributed by atoms with Crippen LogP contribution in [-0.4, -0.2) is 87.9 Å². The summed E-state index contributed by atoms with van der Waals surface area (Å²) in [6, 6.07) is 4.52. The molecule has 12 heteroatoms. The van der Waals surface area contributed by atoms with Crippen LogP contribution in [0.5, 0.6) is 11.8 Å². The van der Waals surface area contributed by atoms with E-state index in [1.54, 1.807) is 11.8 Å². The number of anilines is 1. The monoisotopic (exact) mass is 603 g/mol. The number of amides is 1. The fourth-order valence-corrected chi connectivity index (χ4v) is 6.04. The Morgan fingerprint density at radius 1 is 1.24 bits per heavy atom. The van der Waals surface area contributed by atoms with Gasteiger partial charge in [0, 0.05) is 55.8 Å². The number of carbonyl (C=O) groups is 1. The summed E-state index contributed by atoms with van der Waals surface area (Å²) in [6.45, 7) is 11.1. The first-order chi connectivity index (χ1) is 19.9. The van der Waals surface area contributed by atoms with E-state index in [2.05, 4.69) is 16.5 Å². The molecular formula is C30H33ClF3N5O3. The average Bonchev–Trinajstić information content (AvgIpc) is 3.29. The van der Waals surface area contributed by atoms with Crippen molar-refractivity contribution in [2.75, 3.05) is 44.2 Å². The molecule has 1 unspecified atom stereocenters. The number of hydrogen-bond donors (Lipinski definition) is 1. The van der Waals surface area contributed by atoms with Crippen LogP contribution in [0.2, 0.25) is 5.02 Å². The van der Waals surface area contributed by atoms with Gasteiger partial charge in [0.15, 0.2) is 5.82 Å². The second kappa shape index (κ2) is 11.6. The lowest BCUT2D eigenvalue weighted by atomic mass is 10.0. The normalized spacial score (nSPS) is 23.0. The van der Waals surface area contributed by atoms with Crippen LogP contribution in [0, 0.1) is 11.6 Å². The molecule has 0 aliphatic carbocycles. The number of carbonyl (C=O) groups excluding carboxylic acids is 1. The summed E-state index contributed by atoms with van der Waals surface area (Å²) < 4.78 is 51.3. The van der Waals surface area contributed by atoms with Gasteiger partial charge in [-0.15, -0.1) is 0 Å². The average molecular weight is 604 g/mol. The molecule has 1 N–H and O–H groups in total. The van der Waals surface area contributed by atoms with Gasteiger partial charge in [0.25, 0.3) is 0 Å². The number of fused-ring (bicyclic) bond motifs is 1. The minimum absolute atomic E-state index is 0.117. The number of benzene rings is 2. The first kappa shape index (κ1) is 29.9. The number of ether oxygens (including phenoxy) is 1. The highest BCUT2D eigenvalue weighted by atomic mass is 35.5. The second-order valence-corrected chi connectivity index (χ2v) is 11.6. The summed E-state index contributed by atoms with van der Waals surface area (Å²) >= 11 is 6.54. The summed E-state index contributed by atoms with van der Waals surface area (Å²) in [5, 5.41) is 10.5.